The van der Waals surface area contributed by atoms with Gasteiger partial charge in [0.05, 0.1) is 39.8 Å². The predicted molar refractivity (Wildman–Crippen MR) is 206 cm³/mol. The fraction of sp³-hybridized carbons (Fsp3) is 0.0870. The van der Waals surface area contributed by atoms with Gasteiger partial charge in [-0.15, -0.1) is 0 Å². The summed E-state index contributed by atoms with van der Waals surface area (Å²) in [6.45, 7) is 0. The van der Waals surface area contributed by atoms with Gasteiger partial charge in [-0.2, -0.15) is 0 Å². The maximum Gasteiger partial charge on any atom is 0.235 e. The molecule has 4 unspecified atom stereocenters. The van der Waals surface area contributed by atoms with Gasteiger partial charge in [0.25, 0.3) is 0 Å². The van der Waals surface area contributed by atoms with E-state index in [4.69, 9.17) is 14.7 Å². The van der Waals surface area contributed by atoms with Gasteiger partial charge in [-0.05, 0) is 75.7 Å². The topological polar surface area (TPSA) is 43.2 Å². The third-order valence-electron chi connectivity index (χ3n) is 11.5. The molecule has 4 heterocycles. The largest absolute Gasteiger partial charge is 0.485 e. The van der Waals surface area contributed by atoms with E-state index < -0.39 is 0 Å². The molecule has 0 saturated heterocycles. The molecule has 12 rings (SSSR count). The summed E-state index contributed by atoms with van der Waals surface area (Å²) >= 11 is 0. The summed E-state index contributed by atoms with van der Waals surface area (Å²) in [5.74, 6) is 1.71. The first-order valence-electron chi connectivity index (χ1n) is 17.7. The van der Waals surface area contributed by atoms with Gasteiger partial charge >= 0.3 is 0 Å². The van der Waals surface area contributed by atoms with Crippen molar-refractivity contribution in [1.29, 1.82) is 0 Å². The molecule has 2 aliphatic heterocycles. The van der Waals surface area contributed by atoms with Crippen LogP contribution in [0.2, 0.25) is 0 Å². The molecule has 2 aliphatic carbocycles. The Hall–Kier alpha value is -6.46. The molecule has 5 nitrogen and oxygen atoms in total. The zero-order valence-electron chi connectivity index (χ0n) is 27.5. The number of ether oxygens (including phenoxy) is 1. The molecule has 0 bridgehead atoms. The Labute approximate surface area is 294 Å². The highest BCUT2D eigenvalue weighted by molar-refractivity contribution is 6.11. The second kappa shape index (κ2) is 10.1. The Morgan fingerprint density at radius 2 is 1.41 bits per heavy atom. The van der Waals surface area contributed by atoms with Crippen molar-refractivity contribution in [1.82, 2.24) is 14.5 Å². The molecule has 8 aromatic rings. The lowest BCUT2D eigenvalue weighted by atomic mass is 9.82. The minimum Gasteiger partial charge on any atom is -0.485 e. The SMILES string of the molecule is C1=CC2Oc3cccc4nc(-n5c6c(c7ccccc75)C5C(C=C6)c6c(ccc7c6ccc6ccccc67)N5c5ccccc5)nc(c34)C2C=C1. The third kappa shape index (κ3) is 3.65. The molecule has 240 valence electrons. The van der Waals surface area contributed by atoms with Crippen molar-refractivity contribution in [3.63, 3.8) is 0 Å². The van der Waals surface area contributed by atoms with E-state index in [1.807, 2.05) is 12.1 Å². The van der Waals surface area contributed by atoms with Gasteiger partial charge in [-0.3, -0.25) is 4.57 Å². The average Bonchev–Trinajstić information content (AvgIpc) is 3.71. The Bertz CT molecular complexity index is 2880. The fourth-order valence-corrected chi connectivity index (χ4v) is 9.40. The van der Waals surface area contributed by atoms with E-state index in [0.717, 1.165) is 33.6 Å². The maximum absolute atomic E-state index is 6.44. The van der Waals surface area contributed by atoms with Crippen molar-refractivity contribution < 1.29 is 4.74 Å². The van der Waals surface area contributed by atoms with Gasteiger partial charge in [0.2, 0.25) is 5.95 Å². The molecule has 0 N–H and O–H groups in total. The smallest absolute Gasteiger partial charge is 0.235 e. The average molecular weight is 655 g/mol. The Kier molecular flexibility index (Phi) is 5.39. The van der Waals surface area contributed by atoms with Crippen LogP contribution in [0.15, 0.2) is 152 Å². The molecule has 0 amide bonds. The van der Waals surface area contributed by atoms with Gasteiger partial charge < -0.3 is 9.64 Å². The fourth-order valence-electron chi connectivity index (χ4n) is 9.40. The number of nitrogens with zero attached hydrogens (tertiary/aromatic N) is 4. The molecule has 51 heavy (non-hydrogen) atoms. The highest BCUT2D eigenvalue weighted by Gasteiger charge is 2.45. The molecule has 4 atom stereocenters. The summed E-state index contributed by atoms with van der Waals surface area (Å²) in [6.07, 6.45) is 13.2. The van der Waals surface area contributed by atoms with Crippen molar-refractivity contribution >= 4 is 60.8 Å². The Balaban J connectivity index is 1.13. The molecule has 6 aromatic carbocycles. The number of aromatic nitrogens is 3. The van der Waals surface area contributed by atoms with Gasteiger partial charge in [0.15, 0.2) is 0 Å². The van der Waals surface area contributed by atoms with Gasteiger partial charge in [0.1, 0.15) is 11.9 Å². The zero-order valence-corrected chi connectivity index (χ0v) is 27.5. The summed E-state index contributed by atoms with van der Waals surface area (Å²) in [5, 5.41) is 7.40. The van der Waals surface area contributed by atoms with Crippen molar-refractivity contribution in [3.05, 3.63) is 174 Å². The molecule has 4 aliphatic rings. The number of fused-ring (bicyclic) bond motifs is 13. The van der Waals surface area contributed by atoms with E-state index in [1.54, 1.807) is 0 Å². The van der Waals surface area contributed by atoms with Gasteiger partial charge in [-0.1, -0.05) is 109 Å². The highest BCUT2D eigenvalue weighted by atomic mass is 16.5. The maximum atomic E-state index is 6.44. The van der Waals surface area contributed by atoms with E-state index in [1.165, 1.54) is 49.4 Å². The monoisotopic (exact) mass is 654 g/mol. The lowest BCUT2D eigenvalue weighted by molar-refractivity contribution is 0.225. The van der Waals surface area contributed by atoms with Crippen LogP contribution in [0.25, 0.3) is 55.4 Å². The number of rotatable bonds is 2. The molecule has 0 saturated carbocycles. The van der Waals surface area contributed by atoms with Crippen molar-refractivity contribution in [2.24, 2.45) is 0 Å². The minimum atomic E-state index is -0.0878. The highest BCUT2D eigenvalue weighted by Crippen LogP contribution is 2.59. The number of hydrogen-bond acceptors (Lipinski definition) is 4. The van der Waals surface area contributed by atoms with Crippen LogP contribution in [0, 0.1) is 0 Å². The summed E-state index contributed by atoms with van der Waals surface area (Å²) < 4.78 is 8.74. The predicted octanol–water partition coefficient (Wildman–Crippen LogP) is 10.9. The number of benzene rings is 6. The van der Waals surface area contributed by atoms with Crippen LogP contribution in [0.4, 0.5) is 11.4 Å². The normalized spacial score (nSPS) is 20.8. The summed E-state index contributed by atoms with van der Waals surface area (Å²) in [4.78, 5) is 13.3. The van der Waals surface area contributed by atoms with Gasteiger partial charge in [0, 0.05) is 28.2 Å². The van der Waals surface area contributed by atoms with E-state index in [-0.39, 0.29) is 24.0 Å². The minimum absolute atomic E-state index is 0.0222. The first-order chi connectivity index (χ1) is 25.3. The number of hydrogen-bond donors (Lipinski definition) is 0. The van der Waals surface area contributed by atoms with E-state index in [0.29, 0.717) is 5.95 Å². The van der Waals surface area contributed by atoms with Crippen LogP contribution in [0.5, 0.6) is 5.75 Å². The van der Waals surface area contributed by atoms with E-state index in [9.17, 15) is 0 Å². The molecule has 0 fully saturated rings. The van der Waals surface area contributed by atoms with Gasteiger partial charge in [-0.25, -0.2) is 9.97 Å². The summed E-state index contributed by atoms with van der Waals surface area (Å²) in [7, 11) is 0. The Morgan fingerprint density at radius 3 is 2.35 bits per heavy atom. The van der Waals surface area contributed by atoms with E-state index in [2.05, 4.69) is 155 Å². The van der Waals surface area contributed by atoms with Crippen LogP contribution in [0.3, 0.4) is 0 Å². The first kappa shape index (κ1) is 27.4. The molecule has 0 radical (unpaired) electrons. The van der Waals surface area contributed by atoms with Crippen LogP contribution in [-0.2, 0) is 0 Å². The summed E-state index contributed by atoms with van der Waals surface area (Å²) in [6, 6.07) is 43.9. The molecule has 5 heteroatoms. The zero-order chi connectivity index (χ0) is 33.2. The van der Waals surface area contributed by atoms with Crippen LogP contribution in [-0.4, -0.2) is 20.6 Å². The lowest BCUT2D eigenvalue weighted by Crippen LogP contribution is -2.28. The number of anilines is 2. The van der Waals surface area contributed by atoms with Crippen molar-refractivity contribution in [2.75, 3.05) is 4.90 Å². The van der Waals surface area contributed by atoms with Crippen LogP contribution in [0.1, 0.15) is 40.4 Å². The second-order valence-electron chi connectivity index (χ2n) is 14.0. The molecular formula is C46H30N4O. The standard InChI is InChI=1S/C46H30N4O/c1-2-12-28(13-3-1)49-37-25-23-30-29-14-5-4-11-27(29)21-22-31(30)41(37)34-24-26-38-42(45(34)49)32-15-6-8-18-36(32)50(38)46-47-35-17-10-20-40-43(35)44(48-46)33-16-7-9-19-39(33)51-40/h1-26,33-34,39,45H. The van der Waals surface area contributed by atoms with E-state index >= 15 is 0 Å². The van der Waals surface area contributed by atoms with Crippen molar-refractivity contribution in [3.8, 4) is 11.7 Å². The van der Waals surface area contributed by atoms with Crippen molar-refractivity contribution in [2.45, 2.75) is 24.0 Å². The second-order valence-corrected chi connectivity index (χ2v) is 14.0. The molecular weight excluding hydrogens is 625 g/mol. The molecule has 0 spiro atoms. The summed E-state index contributed by atoms with van der Waals surface area (Å²) in [5.41, 5.74) is 9.29. The first-order valence-corrected chi connectivity index (χ1v) is 17.7. The van der Waals surface area contributed by atoms with Crippen LogP contribution < -0.4 is 9.64 Å². The quantitative estimate of drug-likeness (QED) is 0.174. The third-order valence-corrected chi connectivity index (χ3v) is 11.5. The number of para-hydroxylation sites is 2. The molecule has 2 aromatic heterocycles. The number of allylic oxidation sites excluding steroid dienone is 2. The Morgan fingerprint density at radius 1 is 0.588 bits per heavy atom. The van der Waals surface area contributed by atoms with Crippen LogP contribution >= 0.6 is 0 Å². The lowest BCUT2D eigenvalue weighted by Gasteiger charge is -2.32.